The van der Waals surface area contributed by atoms with Gasteiger partial charge in [-0.05, 0) is 6.07 Å². The number of nitrogen functional groups attached to an aromatic ring is 2. The minimum absolute atomic E-state index is 0.0679. The van der Waals surface area contributed by atoms with Gasteiger partial charge in [-0.25, -0.2) is 5.84 Å². The summed E-state index contributed by atoms with van der Waals surface area (Å²) in [6.45, 7) is 0. The van der Waals surface area contributed by atoms with Gasteiger partial charge >= 0.3 is 0 Å². The zero-order valence-corrected chi connectivity index (χ0v) is 9.28. The van der Waals surface area contributed by atoms with Gasteiger partial charge in [-0.1, -0.05) is 0 Å². The summed E-state index contributed by atoms with van der Waals surface area (Å²) in [5.74, 6) is 4.51. The number of non-ortho nitro benzene ring substituents is 1. The van der Waals surface area contributed by atoms with Crippen molar-refractivity contribution in [1.29, 1.82) is 0 Å². The van der Waals surface area contributed by atoms with Gasteiger partial charge in [-0.2, -0.15) is 0 Å². The van der Waals surface area contributed by atoms with E-state index in [1.807, 2.05) is 5.43 Å². The fourth-order valence-electron chi connectivity index (χ4n) is 1.45. The second kappa shape index (κ2) is 4.00. The van der Waals surface area contributed by atoms with Crippen molar-refractivity contribution in [2.75, 3.05) is 5.73 Å². The number of thiophene rings is 1. The van der Waals surface area contributed by atoms with E-state index in [-0.39, 0.29) is 16.3 Å². The molecule has 1 heterocycles. The van der Waals surface area contributed by atoms with Crippen LogP contribution in [0, 0.1) is 10.1 Å². The SMILES string of the molecule is NNC(=O)c1sc2ccc([N+](=O)[O-])cc2c1N. The van der Waals surface area contributed by atoms with Crippen LogP contribution in [0.5, 0.6) is 0 Å². The summed E-state index contributed by atoms with van der Waals surface area (Å²) in [5, 5.41) is 11.1. The quantitative estimate of drug-likeness (QED) is 0.318. The van der Waals surface area contributed by atoms with Crippen LogP contribution in [0.3, 0.4) is 0 Å². The summed E-state index contributed by atoms with van der Waals surface area (Å²) in [4.78, 5) is 21.7. The normalized spacial score (nSPS) is 10.4. The van der Waals surface area contributed by atoms with Crippen LogP contribution in [0.15, 0.2) is 18.2 Å². The summed E-state index contributed by atoms with van der Waals surface area (Å²) < 4.78 is 0.701. The van der Waals surface area contributed by atoms with E-state index in [0.29, 0.717) is 10.1 Å². The summed E-state index contributed by atoms with van der Waals surface area (Å²) >= 11 is 1.14. The summed E-state index contributed by atoms with van der Waals surface area (Å²) in [6, 6.07) is 4.26. The van der Waals surface area contributed by atoms with Gasteiger partial charge in [0.2, 0.25) is 0 Å². The van der Waals surface area contributed by atoms with Gasteiger partial charge in [0.25, 0.3) is 11.6 Å². The van der Waals surface area contributed by atoms with Crippen molar-refractivity contribution in [3.8, 4) is 0 Å². The van der Waals surface area contributed by atoms with Crippen LogP contribution in [0.2, 0.25) is 0 Å². The number of nitro benzene ring substituents is 1. The minimum Gasteiger partial charge on any atom is -0.397 e. The number of rotatable bonds is 2. The Morgan fingerprint density at radius 1 is 1.47 bits per heavy atom. The van der Waals surface area contributed by atoms with Gasteiger partial charge in [0.05, 0.1) is 10.6 Å². The molecule has 88 valence electrons. The number of carbonyl (C=O) groups excluding carboxylic acids is 1. The number of benzene rings is 1. The molecule has 0 saturated carbocycles. The zero-order chi connectivity index (χ0) is 12.6. The van der Waals surface area contributed by atoms with Crippen LogP contribution in [0.4, 0.5) is 11.4 Å². The van der Waals surface area contributed by atoms with E-state index in [0.717, 1.165) is 11.3 Å². The van der Waals surface area contributed by atoms with Crippen LogP contribution in [0.25, 0.3) is 10.1 Å². The molecule has 0 aliphatic carbocycles. The standard InChI is InChI=1S/C9H8N4O3S/c10-7-5-3-4(13(15)16)1-2-6(5)17-8(7)9(14)12-11/h1-3H,10-11H2,(H,12,14). The summed E-state index contributed by atoms with van der Waals surface area (Å²) in [6.07, 6.45) is 0. The molecular weight excluding hydrogens is 244 g/mol. The number of carbonyl (C=O) groups is 1. The molecule has 0 aliphatic rings. The number of fused-ring (bicyclic) bond motifs is 1. The largest absolute Gasteiger partial charge is 0.397 e. The highest BCUT2D eigenvalue weighted by Crippen LogP contribution is 2.35. The number of nitrogens with zero attached hydrogens (tertiary/aromatic N) is 1. The number of hydrogen-bond acceptors (Lipinski definition) is 6. The fraction of sp³-hybridized carbons (Fsp3) is 0. The Morgan fingerprint density at radius 3 is 2.76 bits per heavy atom. The maximum atomic E-state index is 11.4. The van der Waals surface area contributed by atoms with Crippen LogP contribution >= 0.6 is 11.3 Å². The van der Waals surface area contributed by atoms with Crippen LogP contribution in [-0.2, 0) is 0 Å². The van der Waals surface area contributed by atoms with Gasteiger partial charge in [0.1, 0.15) is 4.88 Å². The van der Waals surface area contributed by atoms with Gasteiger partial charge < -0.3 is 5.73 Å². The van der Waals surface area contributed by atoms with Crippen molar-refractivity contribution < 1.29 is 9.72 Å². The van der Waals surface area contributed by atoms with Gasteiger partial charge in [-0.3, -0.25) is 20.3 Å². The van der Waals surface area contributed by atoms with Crippen molar-refractivity contribution in [1.82, 2.24) is 5.43 Å². The lowest BCUT2D eigenvalue weighted by atomic mass is 10.2. The maximum absolute atomic E-state index is 11.4. The first kappa shape index (κ1) is 11.3. The monoisotopic (exact) mass is 252 g/mol. The molecule has 0 unspecified atom stereocenters. The number of nitrogens with one attached hydrogen (secondary N) is 1. The molecule has 2 rings (SSSR count). The van der Waals surface area contributed by atoms with Gasteiger partial charge in [0.15, 0.2) is 0 Å². The number of hydrazine groups is 1. The molecule has 8 heteroatoms. The zero-order valence-electron chi connectivity index (χ0n) is 8.47. The molecule has 1 amide bonds. The average molecular weight is 252 g/mol. The van der Waals surface area contributed by atoms with Gasteiger partial charge in [-0.15, -0.1) is 11.3 Å². The number of anilines is 1. The second-order valence-corrected chi connectivity index (χ2v) is 4.31. The predicted molar refractivity (Wildman–Crippen MR) is 64.5 cm³/mol. The highest BCUT2D eigenvalue weighted by atomic mass is 32.1. The van der Waals surface area contributed by atoms with Crippen molar-refractivity contribution in [2.45, 2.75) is 0 Å². The van der Waals surface area contributed by atoms with Crippen molar-refractivity contribution in [3.63, 3.8) is 0 Å². The van der Waals surface area contributed by atoms with E-state index in [1.165, 1.54) is 12.1 Å². The Kier molecular flexibility index (Phi) is 2.66. The summed E-state index contributed by atoms with van der Waals surface area (Å²) in [5.41, 5.74) is 7.87. The molecule has 0 bridgehead atoms. The van der Waals surface area contributed by atoms with Crippen molar-refractivity contribution >= 4 is 38.7 Å². The third kappa shape index (κ3) is 1.79. The number of amides is 1. The topological polar surface area (TPSA) is 124 Å². The molecule has 0 fully saturated rings. The number of nitro groups is 1. The van der Waals surface area contributed by atoms with E-state index >= 15 is 0 Å². The number of hydrogen-bond donors (Lipinski definition) is 3. The molecule has 0 spiro atoms. The Hall–Kier alpha value is -2.19. The third-order valence-electron chi connectivity index (χ3n) is 2.26. The first-order valence-corrected chi connectivity index (χ1v) is 5.33. The molecule has 17 heavy (non-hydrogen) atoms. The van der Waals surface area contributed by atoms with Crippen LogP contribution in [-0.4, -0.2) is 10.8 Å². The maximum Gasteiger partial charge on any atom is 0.277 e. The molecular formula is C9H8N4O3S. The molecule has 2 aromatic rings. The lowest BCUT2D eigenvalue weighted by Gasteiger charge is -1.96. The number of nitrogens with two attached hydrogens (primary N) is 2. The van der Waals surface area contributed by atoms with E-state index in [2.05, 4.69) is 0 Å². The molecule has 1 aromatic heterocycles. The van der Waals surface area contributed by atoms with E-state index in [9.17, 15) is 14.9 Å². The predicted octanol–water partition coefficient (Wildman–Crippen LogP) is 0.995. The lowest BCUT2D eigenvalue weighted by molar-refractivity contribution is -0.384. The average Bonchev–Trinajstić information content (AvgIpc) is 2.65. The Labute approximate surface area is 99.1 Å². The molecule has 7 nitrogen and oxygen atoms in total. The highest BCUT2D eigenvalue weighted by Gasteiger charge is 2.17. The molecule has 0 aliphatic heterocycles. The first-order chi connectivity index (χ1) is 8.04. The fourth-order valence-corrected chi connectivity index (χ4v) is 2.46. The van der Waals surface area contributed by atoms with E-state index in [4.69, 9.17) is 11.6 Å². The van der Waals surface area contributed by atoms with Gasteiger partial charge in [0, 0.05) is 22.2 Å². The Balaban J connectivity index is 2.66. The molecule has 0 saturated heterocycles. The second-order valence-electron chi connectivity index (χ2n) is 3.26. The Bertz CT molecular complexity index is 622. The van der Waals surface area contributed by atoms with Crippen molar-refractivity contribution in [2.24, 2.45) is 5.84 Å². The smallest absolute Gasteiger partial charge is 0.277 e. The van der Waals surface area contributed by atoms with Crippen molar-refractivity contribution in [3.05, 3.63) is 33.2 Å². The molecule has 1 aromatic carbocycles. The Morgan fingerprint density at radius 2 is 2.18 bits per heavy atom. The molecule has 0 atom stereocenters. The van der Waals surface area contributed by atoms with E-state index < -0.39 is 10.8 Å². The third-order valence-corrected chi connectivity index (χ3v) is 3.44. The molecule has 5 N–H and O–H groups in total. The van der Waals surface area contributed by atoms with Crippen LogP contribution in [0.1, 0.15) is 9.67 Å². The minimum atomic E-state index is -0.515. The van der Waals surface area contributed by atoms with Crippen LogP contribution < -0.4 is 17.0 Å². The highest BCUT2D eigenvalue weighted by molar-refractivity contribution is 7.21. The van der Waals surface area contributed by atoms with E-state index in [1.54, 1.807) is 6.07 Å². The molecule has 0 radical (unpaired) electrons. The lowest BCUT2D eigenvalue weighted by Crippen LogP contribution is -2.29. The first-order valence-electron chi connectivity index (χ1n) is 4.52. The summed E-state index contributed by atoms with van der Waals surface area (Å²) in [7, 11) is 0.